The van der Waals surface area contributed by atoms with Crippen LogP contribution in [0.1, 0.15) is 0 Å². The molecule has 1 heterocycles. The third kappa shape index (κ3) is 2.58. The van der Waals surface area contributed by atoms with Crippen molar-refractivity contribution in [3.8, 4) is 17.0 Å². The van der Waals surface area contributed by atoms with E-state index in [1.165, 1.54) is 0 Å². The van der Waals surface area contributed by atoms with Crippen molar-refractivity contribution in [3.63, 3.8) is 0 Å². The van der Waals surface area contributed by atoms with Crippen molar-refractivity contribution in [2.24, 2.45) is 5.73 Å². The number of pyridine rings is 1. The minimum Gasteiger partial charge on any atom is -0.492 e. The van der Waals surface area contributed by atoms with Crippen LogP contribution in [0.4, 0.5) is 0 Å². The lowest BCUT2D eigenvalue weighted by molar-refractivity contribution is 0.328. The molecule has 3 heteroatoms. The van der Waals surface area contributed by atoms with E-state index in [-0.39, 0.29) is 0 Å². The summed E-state index contributed by atoms with van der Waals surface area (Å²) in [6, 6.07) is 13.7. The fourth-order valence-corrected chi connectivity index (χ4v) is 1.46. The van der Waals surface area contributed by atoms with Crippen LogP contribution in [0.15, 0.2) is 48.7 Å². The zero-order chi connectivity index (χ0) is 11.2. The van der Waals surface area contributed by atoms with Gasteiger partial charge < -0.3 is 10.5 Å². The molecule has 0 saturated carbocycles. The number of nitrogens with two attached hydrogens (primary N) is 1. The monoisotopic (exact) mass is 214 g/mol. The topological polar surface area (TPSA) is 48.1 Å². The van der Waals surface area contributed by atoms with Crippen molar-refractivity contribution in [1.29, 1.82) is 0 Å². The van der Waals surface area contributed by atoms with Crippen LogP contribution in [0.25, 0.3) is 11.3 Å². The molecule has 0 bridgehead atoms. The number of rotatable bonds is 4. The SMILES string of the molecule is NCCOc1cccc(-c2ccccn2)c1. The minimum atomic E-state index is 0.522. The van der Waals surface area contributed by atoms with Gasteiger partial charge in [0, 0.05) is 18.3 Å². The molecule has 0 atom stereocenters. The molecular formula is C13H14N2O. The summed E-state index contributed by atoms with van der Waals surface area (Å²) in [6.07, 6.45) is 1.78. The average Bonchev–Trinajstić information content (AvgIpc) is 2.38. The molecule has 0 amide bonds. The summed E-state index contributed by atoms with van der Waals surface area (Å²) in [5, 5.41) is 0. The summed E-state index contributed by atoms with van der Waals surface area (Å²) < 4.78 is 5.46. The summed E-state index contributed by atoms with van der Waals surface area (Å²) >= 11 is 0. The Kier molecular flexibility index (Phi) is 3.51. The number of hydrogen-bond acceptors (Lipinski definition) is 3. The van der Waals surface area contributed by atoms with Gasteiger partial charge in [-0.1, -0.05) is 18.2 Å². The van der Waals surface area contributed by atoms with Gasteiger partial charge in [-0.3, -0.25) is 4.98 Å². The molecule has 0 aliphatic carbocycles. The van der Waals surface area contributed by atoms with Gasteiger partial charge in [-0.05, 0) is 24.3 Å². The normalized spacial score (nSPS) is 10.1. The molecule has 2 N–H and O–H groups in total. The fraction of sp³-hybridized carbons (Fsp3) is 0.154. The largest absolute Gasteiger partial charge is 0.492 e. The maximum Gasteiger partial charge on any atom is 0.120 e. The highest BCUT2D eigenvalue weighted by Gasteiger charge is 1.99. The second kappa shape index (κ2) is 5.28. The Morgan fingerprint density at radius 2 is 2.06 bits per heavy atom. The van der Waals surface area contributed by atoms with Crippen LogP contribution < -0.4 is 10.5 Å². The first-order valence-corrected chi connectivity index (χ1v) is 5.24. The first kappa shape index (κ1) is 10.6. The Hall–Kier alpha value is -1.87. The first-order chi connectivity index (χ1) is 7.90. The minimum absolute atomic E-state index is 0.522. The van der Waals surface area contributed by atoms with E-state index >= 15 is 0 Å². The first-order valence-electron chi connectivity index (χ1n) is 5.24. The molecule has 82 valence electrons. The Balaban J connectivity index is 2.22. The summed E-state index contributed by atoms with van der Waals surface area (Å²) in [6.45, 7) is 1.06. The van der Waals surface area contributed by atoms with Gasteiger partial charge in [0.05, 0.1) is 5.69 Å². The van der Waals surface area contributed by atoms with Crippen LogP contribution in [-0.2, 0) is 0 Å². The van der Waals surface area contributed by atoms with E-state index in [4.69, 9.17) is 10.5 Å². The van der Waals surface area contributed by atoms with Crippen LogP contribution in [0.2, 0.25) is 0 Å². The Labute approximate surface area is 94.9 Å². The second-order valence-electron chi connectivity index (χ2n) is 3.38. The predicted octanol–water partition coefficient (Wildman–Crippen LogP) is 2.09. The highest BCUT2D eigenvalue weighted by molar-refractivity contribution is 5.60. The van der Waals surface area contributed by atoms with Crippen LogP contribution in [0.5, 0.6) is 5.75 Å². The lowest BCUT2D eigenvalue weighted by Gasteiger charge is -2.06. The molecular weight excluding hydrogens is 200 g/mol. The van der Waals surface area contributed by atoms with E-state index < -0.39 is 0 Å². The molecule has 0 aliphatic heterocycles. The van der Waals surface area contributed by atoms with E-state index in [1.54, 1.807) is 6.20 Å². The summed E-state index contributed by atoms with van der Waals surface area (Å²) in [5.74, 6) is 0.827. The second-order valence-corrected chi connectivity index (χ2v) is 3.38. The zero-order valence-electron chi connectivity index (χ0n) is 8.97. The highest BCUT2D eigenvalue weighted by Crippen LogP contribution is 2.21. The van der Waals surface area contributed by atoms with E-state index in [0.717, 1.165) is 17.0 Å². The molecule has 16 heavy (non-hydrogen) atoms. The number of ether oxygens (including phenoxy) is 1. The molecule has 0 unspecified atom stereocenters. The van der Waals surface area contributed by atoms with Gasteiger partial charge >= 0.3 is 0 Å². The van der Waals surface area contributed by atoms with E-state index in [1.807, 2.05) is 42.5 Å². The van der Waals surface area contributed by atoms with Crippen LogP contribution in [0.3, 0.4) is 0 Å². The molecule has 1 aromatic heterocycles. The van der Waals surface area contributed by atoms with Gasteiger partial charge in [-0.25, -0.2) is 0 Å². The maximum atomic E-state index is 5.46. The van der Waals surface area contributed by atoms with Crippen LogP contribution in [-0.4, -0.2) is 18.1 Å². The van der Waals surface area contributed by atoms with Crippen molar-refractivity contribution in [2.75, 3.05) is 13.2 Å². The fourth-order valence-electron chi connectivity index (χ4n) is 1.46. The average molecular weight is 214 g/mol. The molecule has 2 rings (SSSR count). The van der Waals surface area contributed by atoms with Gasteiger partial charge in [0.15, 0.2) is 0 Å². The van der Waals surface area contributed by atoms with Crippen molar-refractivity contribution in [3.05, 3.63) is 48.7 Å². The molecule has 2 aromatic rings. The van der Waals surface area contributed by atoms with Gasteiger partial charge in [-0.15, -0.1) is 0 Å². The van der Waals surface area contributed by atoms with E-state index in [2.05, 4.69) is 4.98 Å². The van der Waals surface area contributed by atoms with E-state index in [9.17, 15) is 0 Å². The van der Waals surface area contributed by atoms with Crippen molar-refractivity contribution >= 4 is 0 Å². The lowest BCUT2D eigenvalue weighted by atomic mass is 10.1. The van der Waals surface area contributed by atoms with Gasteiger partial charge in [0.1, 0.15) is 12.4 Å². The van der Waals surface area contributed by atoms with Crippen molar-refractivity contribution < 1.29 is 4.74 Å². The maximum absolute atomic E-state index is 5.46. The van der Waals surface area contributed by atoms with Crippen LogP contribution >= 0.6 is 0 Å². The predicted molar refractivity (Wildman–Crippen MR) is 64.2 cm³/mol. The highest BCUT2D eigenvalue weighted by atomic mass is 16.5. The number of nitrogens with zero attached hydrogens (tertiary/aromatic N) is 1. The number of hydrogen-bond donors (Lipinski definition) is 1. The van der Waals surface area contributed by atoms with E-state index in [0.29, 0.717) is 13.2 Å². The molecule has 3 nitrogen and oxygen atoms in total. The Morgan fingerprint density at radius 3 is 2.81 bits per heavy atom. The summed E-state index contributed by atoms with van der Waals surface area (Å²) in [5.41, 5.74) is 7.38. The Bertz CT molecular complexity index is 443. The quantitative estimate of drug-likeness (QED) is 0.847. The third-order valence-electron chi connectivity index (χ3n) is 2.18. The smallest absolute Gasteiger partial charge is 0.120 e. The lowest BCUT2D eigenvalue weighted by Crippen LogP contribution is -2.10. The van der Waals surface area contributed by atoms with Crippen molar-refractivity contribution in [1.82, 2.24) is 4.98 Å². The molecule has 0 saturated heterocycles. The van der Waals surface area contributed by atoms with Gasteiger partial charge in [-0.2, -0.15) is 0 Å². The molecule has 0 fully saturated rings. The van der Waals surface area contributed by atoms with Crippen LogP contribution in [0, 0.1) is 0 Å². The number of benzene rings is 1. The summed E-state index contributed by atoms with van der Waals surface area (Å²) in [7, 11) is 0. The Morgan fingerprint density at radius 1 is 1.12 bits per heavy atom. The summed E-state index contributed by atoms with van der Waals surface area (Å²) in [4.78, 5) is 4.29. The molecule has 0 radical (unpaired) electrons. The van der Waals surface area contributed by atoms with Gasteiger partial charge in [0.2, 0.25) is 0 Å². The standard InChI is InChI=1S/C13H14N2O/c14-7-9-16-12-5-3-4-11(10-12)13-6-1-2-8-15-13/h1-6,8,10H,7,9,14H2. The van der Waals surface area contributed by atoms with Crippen molar-refractivity contribution in [2.45, 2.75) is 0 Å². The zero-order valence-corrected chi connectivity index (χ0v) is 8.97. The molecule has 0 spiro atoms. The van der Waals surface area contributed by atoms with Gasteiger partial charge in [0.25, 0.3) is 0 Å². The third-order valence-corrected chi connectivity index (χ3v) is 2.18. The molecule has 0 aliphatic rings. The molecule has 1 aromatic carbocycles. The number of aromatic nitrogens is 1.